The molecule has 3 rings (SSSR count). The Kier molecular flexibility index (Phi) is 5.84. The molecule has 0 bridgehead atoms. The molecule has 0 aliphatic carbocycles. The summed E-state index contributed by atoms with van der Waals surface area (Å²) in [6, 6.07) is 15.0. The predicted molar refractivity (Wildman–Crippen MR) is 106 cm³/mol. The van der Waals surface area contributed by atoms with Gasteiger partial charge in [0, 0.05) is 30.9 Å². The molecule has 3 aromatic rings. The predicted octanol–water partition coefficient (Wildman–Crippen LogP) is 3.61. The minimum absolute atomic E-state index is 0.159. The van der Waals surface area contributed by atoms with Crippen LogP contribution in [0.1, 0.15) is 5.56 Å². The van der Waals surface area contributed by atoms with Gasteiger partial charge in [0.25, 0.3) is 0 Å². The van der Waals surface area contributed by atoms with E-state index in [9.17, 15) is 13.2 Å². The molecule has 0 radical (unpaired) electrons. The number of anilines is 2. The van der Waals surface area contributed by atoms with Crippen LogP contribution in [-0.2, 0) is 16.6 Å². The summed E-state index contributed by atoms with van der Waals surface area (Å²) >= 11 is 1.30. The Hall–Kier alpha value is -2.75. The average molecular weight is 403 g/mol. The van der Waals surface area contributed by atoms with Gasteiger partial charge < -0.3 is 5.32 Å². The van der Waals surface area contributed by atoms with Crippen molar-refractivity contribution in [3.8, 4) is 0 Å². The highest BCUT2D eigenvalue weighted by molar-refractivity contribution is 7.89. The van der Waals surface area contributed by atoms with E-state index in [-0.39, 0.29) is 11.4 Å². The van der Waals surface area contributed by atoms with E-state index in [0.717, 1.165) is 5.56 Å². The van der Waals surface area contributed by atoms with E-state index >= 15 is 0 Å². The van der Waals surface area contributed by atoms with Gasteiger partial charge in [-0.2, -0.15) is 4.31 Å². The van der Waals surface area contributed by atoms with Gasteiger partial charge in [0.2, 0.25) is 10.0 Å². The number of thiazole rings is 1. The number of hydrogen-bond acceptors (Lipinski definition) is 5. The largest absolute Gasteiger partial charge is 0.325 e. The summed E-state index contributed by atoms with van der Waals surface area (Å²) in [5.74, 6) is 0. The van der Waals surface area contributed by atoms with E-state index in [1.54, 1.807) is 23.7 Å². The molecule has 1 heterocycles. The first-order valence-corrected chi connectivity index (χ1v) is 10.3. The van der Waals surface area contributed by atoms with Crippen LogP contribution in [0.3, 0.4) is 0 Å². The van der Waals surface area contributed by atoms with Crippen LogP contribution >= 0.6 is 11.3 Å². The first-order chi connectivity index (χ1) is 12.9. The molecule has 9 heteroatoms. The smallest absolute Gasteiger partial charge is 0.308 e. The molecule has 0 fully saturated rings. The number of carbonyl (C=O) groups excluding carboxylic acids is 1. The van der Waals surface area contributed by atoms with Gasteiger partial charge in [-0.05, 0) is 29.8 Å². The van der Waals surface area contributed by atoms with Crippen LogP contribution in [0, 0.1) is 0 Å². The quantitative estimate of drug-likeness (QED) is 0.659. The second-order valence-corrected chi connectivity index (χ2v) is 8.63. The monoisotopic (exact) mass is 402 g/mol. The van der Waals surface area contributed by atoms with E-state index in [4.69, 9.17) is 0 Å². The Morgan fingerprint density at radius 1 is 1.07 bits per heavy atom. The zero-order chi connectivity index (χ0) is 19.3. The summed E-state index contributed by atoms with van der Waals surface area (Å²) in [7, 11) is -2.09. The van der Waals surface area contributed by atoms with Gasteiger partial charge in [-0.15, -0.1) is 11.3 Å². The Morgan fingerprint density at radius 2 is 1.78 bits per heavy atom. The van der Waals surface area contributed by atoms with Crippen molar-refractivity contribution in [2.75, 3.05) is 17.7 Å². The Bertz CT molecular complexity index is 989. The number of aromatic nitrogens is 1. The molecule has 0 atom stereocenters. The number of hydrogen-bond donors (Lipinski definition) is 2. The summed E-state index contributed by atoms with van der Waals surface area (Å²) in [6.07, 6.45) is 1.59. The Balaban J connectivity index is 1.65. The lowest BCUT2D eigenvalue weighted by atomic mass is 10.2. The molecule has 0 aliphatic heterocycles. The zero-order valence-corrected chi connectivity index (χ0v) is 16.1. The number of sulfonamides is 1. The molecule has 27 heavy (non-hydrogen) atoms. The molecular formula is C18H18N4O3S2. The summed E-state index contributed by atoms with van der Waals surface area (Å²) in [5.41, 5.74) is 1.38. The first kappa shape index (κ1) is 19.0. The summed E-state index contributed by atoms with van der Waals surface area (Å²) in [5, 5.41) is 7.46. The molecule has 1 aromatic heterocycles. The topological polar surface area (TPSA) is 91.4 Å². The van der Waals surface area contributed by atoms with Crippen molar-refractivity contribution < 1.29 is 13.2 Å². The fraction of sp³-hybridized carbons (Fsp3) is 0.111. The van der Waals surface area contributed by atoms with Crippen molar-refractivity contribution in [1.29, 1.82) is 0 Å². The van der Waals surface area contributed by atoms with E-state index in [1.165, 1.54) is 34.8 Å². The molecule has 2 amide bonds. The third kappa shape index (κ3) is 4.91. The second kappa shape index (κ2) is 8.30. The van der Waals surface area contributed by atoms with Crippen molar-refractivity contribution in [1.82, 2.24) is 9.29 Å². The number of rotatable bonds is 6. The van der Waals surface area contributed by atoms with Gasteiger partial charge in [0.1, 0.15) is 0 Å². The lowest BCUT2D eigenvalue weighted by molar-refractivity contribution is 0.262. The van der Waals surface area contributed by atoms with Crippen LogP contribution in [0.2, 0.25) is 0 Å². The van der Waals surface area contributed by atoms with Crippen molar-refractivity contribution in [3.63, 3.8) is 0 Å². The number of carbonyl (C=O) groups is 1. The highest BCUT2D eigenvalue weighted by atomic mass is 32.2. The fourth-order valence-corrected chi connectivity index (χ4v) is 4.04. The first-order valence-electron chi connectivity index (χ1n) is 8.03. The summed E-state index contributed by atoms with van der Waals surface area (Å²) < 4.78 is 26.7. The number of urea groups is 1. The third-order valence-corrected chi connectivity index (χ3v) is 6.23. The minimum Gasteiger partial charge on any atom is -0.308 e. The van der Waals surface area contributed by atoms with Crippen LogP contribution in [-0.4, -0.2) is 30.8 Å². The third-order valence-electron chi connectivity index (χ3n) is 3.72. The second-order valence-electron chi connectivity index (χ2n) is 5.69. The average Bonchev–Trinajstić information content (AvgIpc) is 3.16. The number of nitrogens with zero attached hydrogens (tertiary/aromatic N) is 2. The van der Waals surface area contributed by atoms with Crippen molar-refractivity contribution in [3.05, 3.63) is 71.7 Å². The maximum atomic E-state index is 12.7. The molecule has 2 aromatic carbocycles. The van der Waals surface area contributed by atoms with Gasteiger partial charge in [-0.25, -0.2) is 18.2 Å². The SMILES string of the molecule is CN(Cc1ccccc1)S(=O)(=O)c1ccc(NC(=O)Nc2nccs2)cc1. The summed E-state index contributed by atoms with van der Waals surface area (Å²) in [6.45, 7) is 0.277. The van der Waals surface area contributed by atoms with E-state index in [1.807, 2.05) is 30.3 Å². The normalized spacial score (nSPS) is 11.3. The van der Waals surface area contributed by atoms with Crippen LogP contribution < -0.4 is 10.6 Å². The van der Waals surface area contributed by atoms with Crippen LogP contribution in [0.5, 0.6) is 0 Å². The molecule has 140 valence electrons. The highest BCUT2D eigenvalue weighted by Gasteiger charge is 2.20. The van der Waals surface area contributed by atoms with Gasteiger partial charge in [0.05, 0.1) is 4.90 Å². The van der Waals surface area contributed by atoms with E-state index in [0.29, 0.717) is 10.8 Å². The number of amides is 2. The summed E-state index contributed by atoms with van der Waals surface area (Å²) in [4.78, 5) is 16.0. The zero-order valence-electron chi connectivity index (χ0n) is 14.5. The molecule has 0 spiro atoms. The van der Waals surface area contributed by atoms with Gasteiger partial charge >= 0.3 is 6.03 Å². The Labute approximate surface area is 161 Å². The maximum absolute atomic E-state index is 12.7. The van der Waals surface area contributed by atoms with Gasteiger partial charge in [-0.3, -0.25) is 5.32 Å². The fourth-order valence-electron chi connectivity index (χ4n) is 2.36. The maximum Gasteiger partial charge on any atom is 0.325 e. The molecule has 7 nitrogen and oxygen atoms in total. The molecule has 0 saturated carbocycles. The number of nitrogens with one attached hydrogen (secondary N) is 2. The van der Waals surface area contributed by atoms with Crippen LogP contribution in [0.4, 0.5) is 15.6 Å². The molecule has 0 saturated heterocycles. The molecule has 0 unspecified atom stereocenters. The highest BCUT2D eigenvalue weighted by Crippen LogP contribution is 2.19. The molecule has 2 N–H and O–H groups in total. The number of benzene rings is 2. The van der Waals surface area contributed by atoms with Gasteiger partial charge in [0.15, 0.2) is 5.13 Å². The van der Waals surface area contributed by atoms with Crippen LogP contribution in [0.25, 0.3) is 0 Å². The van der Waals surface area contributed by atoms with E-state index < -0.39 is 16.1 Å². The van der Waals surface area contributed by atoms with Crippen molar-refractivity contribution in [2.24, 2.45) is 0 Å². The lowest BCUT2D eigenvalue weighted by Crippen LogP contribution is -2.26. The van der Waals surface area contributed by atoms with Crippen molar-refractivity contribution in [2.45, 2.75) is 11.4 Å². The van der Waals surface area contributed by atoms with Crippen molar-refractivity contribution >= 4 is 38.2 Å². The minimum atomic E-state index is -3.63. The van der Waals surface area contributed by atoms with Crippen LogP contribution in [0.15, 0.2) is 71.1 Å². The van der Waals surface area contributed by atoms with E-state index in [2.05, 4.69) is 15.6 Å². The molecular weight excluding hydrogens is 384 g/mol. The standard InChI is InChI=1S/C18H18N4O3S2/c1-22(13-14-5-3-2-4-6-14)27(24,25)16-9-7-15(8-10-16)20-17(23)21-18-19-11-12-26-18/h2-12H,13H2,1H3,(H2,19,20,21,23). The lowest BCUT2D eigenvalue weighted by Gasteiger charge is -2.17. The molecule has 0 aliphatic rings. The Morgan fingerprint density at radius 3 is 2.41 bits per heavy atom. The van der Waals surface area contributed by atoms with Gasteiger partial charge in [-0.1, -0.05) is 30.3 Å².